The van der Waals surface area contributed by atoms with Gasteiger partial charge in [0.05, 0.1) is 22.8 Å². The Balaban J connectivity index is 1.61. The second kappa shape index (κ2) is 6.88. The molecular formula is C20H14N4O. The number of pyridine rings is 4. The molecule has 0 spiro atoms. The van der Waals surface area contributed by atoms with E-state index in [2.05, 4.69) is 19.9 Å². The molecule has 0 saturated carbocycles. The Hall–Kier alpha value is -3.60. The maximum absolute atomic E-state index is 5.97. The summed E-state index contributed by atoms with van der Waals surface area (Å²) in [5.41, 5.74) is 3.13. The Morgan fingerprint density at radius 2 is 0.960 bits per heavy atom. The highest BCUT2D eigenvalue weighted by atomic mass is 16.5. The molecule has 0 fully saturated rings. The lowest BCUT2D eigenvalue weighted by Gasteiger charge is -2.08. The highest BCUT2D eigenvalue weighted by Crippen LogP contribution is 2.26. The van der Waals surface area contributed by atoms with Crippen LogP contribution in [0.3, 0.4) is 0 Å². The maximum Gasteiger partial charge on any atom is 0.131 e. The molecule has 25 heavy (non-hydrogen) atoms. The van der Waals surface area contributed by atoms with Crippen molar-refractivity contribution in [1.29, 1.82) is 0 Å². The molecule has 0 N–H and O–H groups in total. The third-order valence-electron chi connectivity index (χ3n) is 3.55. The molecule has 0 saturated heterocycles. The molecule has 0 amide bonds. The van der Waals surface area contributed by atoms with Crippen LogP contribution in [0.1, 0.15) is 0 Å². The van der Waals surface area contributed by atoms with Crippen molar-refractivity contribution < 1.29 is 4.74 Å². The molecule has 120 valence electrons. The van der Waals surface area contributed by atoms with Crippen molar-refractivity contribution in [1.82, 2.24) is 19.9 Å². The van der Waals surface area contributed by atoms with Crippen LogP contribution >= 0.6 is 0 Å². The van der Waals surface area contributed by atoms with Gasteiger partial charge in [0.25, 0.3) is 0 Å². The highest BCUT2D eigenvalue weighted by molar-refractivity contribution is 5.57. The minimum absolute atomic E-state index is 0.689. The first-order valence-electron chi connectivity index (χ1n) is 7.81. The lowest BCUT2D eigenvalue weighted by molar-refractivity contribution is 0.481. The van der Waals surface area contributed by atoms with Gasteiger partial charge in [-0.2, -0.15) is 0 Å². The molecule has 0 unspecified atom stereocenters. The highest BCUT2D eigenvalue weighted by Gasteiger charge is 2.06. The van der Waals surface area contributed by atoms with Crippen molar-refractivity contribution in [2.24, 2.45) is 0 Å². The smallest absolute Gasteiger partial charge is 0.131 e. The standard InChI is InChI=1S/C20H14N4O/c1-3-9-21-17(5-1)19-13-15(7-11-23-19)25-16-8-12-24-20(14-16)18-6-2-4-10-22-18/h1-14H. The zero-order valence-corrected chi connectivity index (χ0v) is 13.3. The van der Waals surface area contributed by atoms with E-state index in [0.29, 0.717) is 11.5 Å². The SMILES string of the molecule is c1ccc(-c2cc(Oc3ccnc(-c4ccccn4)c3)ccn2)nc1. The van der Waals surface area contributed by atoms with Gasteiger partial charge >= 0.3 is 0 Å². The van der Waals surface area contributed by atoms with Crippen LogP contribution in [0.5, 0.6) is 11.5 Å². The third-order valence-corrected chi connectivity index (χ3v) is 3.55. The van der Waals surface area contributed by atoms with Gasteiger partial charge < -0.3 is 4.74 Å². The first-order chi connectivity index (χ1) is 12.4. The van der Waals surface area contributed by atoms with Gasteiger partial charge in [0.2, 0.25) is 0 Å². The fourth-order valence-corrected chi connectivity index (χ4v) is 2.39. The van der Waals surface area contributed by atoms with Crippen LogP contribution < -0.4 is 4.74 Å². The summed E-state index contributed by atoms with van der Waals surface area (Å²) in [5.74, 6) is 1.38. The molecule has 0 aliphatic carbocycles. The van der Waals surface area contributed by atoms with Crippen LogP contribution in [0, 0.1) is 0 Å². The Morgan fingerprint density at radius 3 is 1.40 bits per heavy atom. The molecule has 0 radical (unpaired) electrons. The zero-order valence-electron chi connectivity index (χ0n) is 13.3. The second-order valence-electron chi connectivity index (χ2n) is 5.29. The molecule has 4 aromatic heterocycles. The summed E-state index contributed by atoms with van der Waals surface area (Å²) in [6, 6.07) is 18.8. The average molecular weight is 326 g/mol. The van der Waals surface area contributed by atoms with Crippen LogP contribution in [-0.4, -0.2) is 19.9 Å². The molecule has 4 rings (SSSR count). The summed E-state index contributed by atoms with van der Waals surface area (Å²) >= 11 is 0. The minimum atomic E-state index is 0.689. The molecule has 0 bridgehead atoms. The van der Waals surface area contributed by atoms with E-state index in [1.165, 1.54) is 0 Å². The average Bonchev–Trinajstić information content (AvgIpc) is 2.70. The van der Waals surface area contributed by atoms with Crippen molar-refractivity contribution in [2.45, 2.75) is 0 Å². The van der Waals surface area contributed by atoms with E-state index in [4.69, 9.17) is 4.74 Å². The van der Waals surface area contributed by atoms with Crippen LogP contribution in [0.15, 0.2) is 85.5 Å². The molecule has 0 aliphatic rings. The normalized spacial score (nSPS) is 10.4. The Labute approximate surface area is 145 Å². The summed E-state index contributed by atoms with van der Waals surface area (Å²) in [4.78, 5) is 17.3. The van der Waals surface area contributed by atoms with E-state index >= 15 is 0 Å². The van der Waals surface area contributed by atoms with Crippen molar-refractivity contribution in [3.8, 4) is 34.3 Å². The largest absolute Gasteiger partial charge is 0.457 e. The second-order valence-corrected chi connectivity index (χ2v) is 5.29. The maximum atomic E-state index is 5.97. The summed E-state index contributed by atoms with van der Waals surface area (Å²) in [6.07, 6.45) is 6.90. The number of rotatable bonds is 4. The van der Waals surface area contributed by atoms with Crippen molar-refractivity contribution in [2.75, 3.05) is 0 Å². The molecule has 5 heteroatoms. The van der Waals surface area contributed by atoms with Crippen molar-refractivity contribution in [3.63, 3.8) is 0 Å². The van der Waals surface area contributed by atoms with Gasteiger partial charge in [-0.1, -0.05) is 12.1 Å². The quantitative estimate of drug-likeness (QED) is 0.556. The zero-order chi connectivity index (χ0) is 16.9. The minimum Gasteiger partial charge on any atom is -0.457 e. The number of nitrogens with zero attached hydrogens (tertiary/aromatic N) is 4. The van der Waals surface area contributed by atoms with Crippen molar-refractivity contribution >= 4 is 0 Å². The van der Waals surface area contributed by atoms with E-state index in [0.717, 1.165) is 22.8 Å². The van der Waals surface area contributed by atoms with Gasteiger partial charge in [-0.05, 0) is 36.4 Å². The van der Waals surface area contributed by atoms with Gasteiger partial charge in [0, 0.05) is 36.9 Å². The molecule has 4 heterocycles. The Kier molecular flexibility index (Phi) is 4.12. The topological polar surface area (TPSA) is 60.8 Å². The predicted molar refractivity (Wildman–Crippen MR) is 95.0 cm³/mol. The predicted octanol–water partition coefficient (Wildman–Crippen LogP) is 4.39. The van der Waals surface area contributed by atoms with E-state index in [1.807, 2.05) is 60.7 Å². The fraction of sp³-hybridized carbons (Fsp3) is 0. The monoisotopic (exact) mass is 326 g/mol. The Morgan fingerprint density at radius 1 is 0.480 bits per heavy atom. The number of ether oxygens (including phenoxy) is 1. The molecule has 4 aromatic rings. The van der Waals surface area contributed by atoms with E-state index in [-0.39, 0.29) is 0 Å². The molecule has 0 aromatic carbocycles. The van der Waals surface area contributed by atoms with Gasteiger partial charge in [-0.15, -0.1) is 0 Å². The van der Waals surface area contributed by atoms with Gasteiger partial charge in [0.15, 0.2) is 0 Å². The van der Waals surface area contributed by atoms with Crippen LogP contribution in [0.2, 0.25) is 0 Å². The lowest BCUT2D eigenvalue weighted by Crippen LogP contribution is -1.91. The fourth-order valence-electron chi connectivity index (χ4n) is 2.39. The van der Waals surface area contributed by atoms with Gasteiger partial charge in [-0.3, -0.25) is 19.9 Å². The summed E-state index contributed by atoms with van der Waals surface area (Å²) in [6.45, 7) is 0. The third kappa shape index (κ3) is 3.50. The van der Waals surface area contributed by atoms with Gasteiger partial charge in [0.1, 0.15) is 11.5 Å². The molecule has 0 atom stereocenters. The number of aromatic nitrogens is 4. The van der Waals surface area contributed by atoms with E-state index in [1.54, 1.807) is 24.8 Å². The number of hydrogen-bond acceptors (Lipinski definition) is 5. The molecular weight excluding hydrogens is 312 g/mol. The molecule has 5 nitrogen and oxygen atoms in total. The molecule has 0 aliphatic heterocycles. The van der Waals surface area contributed by atoms with E-state index in [9.17, 15) is 0 Å². The Bertz CT molecular complexity index is 894. The first kappa shape index (κ1) is 15.0. The summed E-state index contributed by atoms with van der Waals surface area (Å²) in [7, 11) is 0. The first-order valence-corrected chi connectivity index (χ1v) is 7.81. The summed E-state index contributed by atoms with van der Waals surface area (Å²) in [5, 5.41) is 0. The van der Waals surface area contributed by atoms with Crippen LogP contribution in [-0.2, 0) is 0 Å². The van der Waals surface area contributed by atoms with E-state index < -0.39 is 0 Å². The number of hydrogen-bond donors (Lipinski definition) is 0. The van der Waals surface area contributed by atoms with Crippen LogP contribution in [0.4, 0.5) is 0 Å². The summed E-state index contributed by atoms with van der Waals surface area (Å²) < 4.78 is 5.97. The van der Waals surface area contributed by atoms with Gasteiger partial charge in [-0.25, -0.2) is 0 Å². The van der Waals surface area contributed by atoms with Crippen molar-refractivity contribution in [3.05, 3.63) is 85.5 Å². The lowest BCUT2D eigenvalue weighted by atomic mass is 10.2. The van der Waals surface area contributed by atoms with Crippen LogP contribution in [0.25, 0.3) is 22.8 Å².